The van der Waals surface area contributed by atoms with Gasteiger partial charge in [-0.1, -0.05) is 88.2 Å². The van der Waals surface area contributed by atoms with E-state index in [1.807, 2.05) is 54.6 Å². The fourth-order valence-electron chi connectivity index (χ4n) is 5.41. The number of amides is 1. The number of hydrogen-bond donors (Lipinski definition) is 1. The molecular weight excluding hydrogens is 667 g/mol. The molecule has 0 aliphatic carbocycles. The van der Waals surface area contributed by atoms with E-state index in [0.717, 1.165) is 22.2 Å². The molecule has 0 radical (unpaired) electrons. The maximum atomic E-state index is 14.5. The van der Waals surface area contributed by atoms with Crippen molar-refractivity contribution in [1.82, 2.24) is 9.62 Å². The molecule has 1 amide bonds. The first-order valence-corrected chi connectivity index (χ1v) is 16.5. The maximum Gasteiger partial charge on any atom is 0.249 e. The van der Waals surface area contributed by atoms with E-state index in [2.05, 4.69) is 21.2 Å². The molecule has 0 saturated heterocycles. The lowest BCUT2D eigenvalue weighted by atomic mass is 9.88. The second kappa shape index (κ2) is 13.6. The summed E-state index contributed by atoms with van der Waals surface area (Å²) in [5, 5.41) is 3.22. The third-order valence-corrected chi connectivity index (χ3v) is 10.2. The van der Waals surface area contributed by atoms with Gasteiger partial charge in [-0.15, -0.1) is 0 Å². The summed E-state index contributed by atoms with van der Waals surface area (Å²) in [4.78, 5) is 26.6. The molecule has 44 heavy (non-hydrogen) atoms. The van der Waals surface area contributed by atoms with Crippen molar-refractivity contribution in [2.24, 2.45) is 0 Å². The smallest absolute Gasteiger partial charge is 0.249 e. The average Bonchev–Trinajstić information content (AvgIpc) is 3.00. The molecule has 0 spiro atoms. The van der Waals surface area contributed by atoms with Crippen LogP contribution in [-0.4, -0.2) is 30.5 Å². The predicted octanol–water partition coefficient (Wildman–Crippen LogP) is 7.36. The summed E-state index contributed by atoms with van der Waals surface area (Å²) >= 11 is 9.88. The lowest BCUT2D eigenvalue weighted by Crippen LogP contribution is -2.47. The highest BCUT2D eigenvalue weighted by Crippen LogP contribution is 2.46. The van der Waals surface area contributed by atoms with E-state index < -0.39 is 39.9 Å². The number of carbonyl (C=O) groups is 2. The monoisotopic (exact) mass is 694 g/mol. The van der Waals surface area contributed by atoms with Crippen LogP contribution in [0.5, 0.6) is 0 Å². The van der Waals surface area contributed by atoms with E-state index in [4.69, 9.17) is 11.6 Å². The predicted molar refractivity (Wildman–Crippen MR) is 172 cm³/mol. The number of hydrogen-bond acceptors (Lipinski definition) is 4. The molecule has 226 valence electrons. The Balaban J connectivity index is 1.65. The van der Waals surface area contributed by atoms with Gasteiger partial charge in [0.25, 0.3) is 0 Å². The van der Waals surface area contributed by atoms with Gasteiger partial charge in [-0.05, 0) is 85.0 Å². The second-order valence-corrected chi connectivity index (χ2v) is 13.7. The lowest BCUT2D eigenvalue weighted by molar-refractivity contribution is -0.125. The van der Waals surface area contributed by atoms with Crippen LogP contribution in [0.1, 0.15) is 42.1 Å². The number of ketones is 1. The number of benzene rings is 4. The molecule has 1 aliphatic heterocycles. The Bertz CT molecular complexity index is 1820. The first-order chi connectivity index (χ1) is 21.0. The minimum atomic E-state index is -4.34. The fourth-order valence-corrected chi connectivity index (χ4v) is 7.81. The quantitative estimate of drug-likeness (QED) is 0.198. The van der Waals surface area contributed by atoms with E-state index >= 15 is 0 Å². The Morgan fingerprint density at radius 3 is 2.30 bits per heavy atom. The Morgan fingerprint density at radius 1 is 0.955 bits per heavy atom. The third kappa shape index (κ3) is 7.02. The number of rotatable bonds is 9. The number of Topliss-reactive ketones (excluding diaryl/α,β-unsaturated/α-hetero) is 1. The van der Waals surface area contributed by atoms with Crippen molar-refractivity contribution in [3.63, 3.8) is 0 Å². The standard InChI is InChI=1S/C34H29BrClFN2O4S/c1-22(40)31(19-23-7-3-2-4-8-23)38-34(41)30-17-18-32(24-9-5-11-26(35)20-24)39(33(30)25-10-6-12-27(36)21-25)44(42,43)29-15-13-28(37)14-16-29/h2-17,20-21,31-33H,18-19H2,1H3,(H,38,41)/t31-,32-,33-/m0/s1. The molecule has 0 unspecified atom stereocenters. The fraction of sp³-hybridized carbons (Fsp3) is 0.176. The molecule has 10 heteroatoms. The molecule has 1 aliphatic rings. The number of sulfonamides is 1. The van der Waals surface area contributed by atoms with Crippen LogP contribution < -0.4 is 5.32 Å². The molecule has 4 aromatic rings. The zero-order valence-corrected chi connectivity index (χ0v) is 26.8. The molecule has 4 aromatic carbocycles. The van der Waals surface area contributed by atoms with Gasteiger partial charge in [-0.3, -0.25) is 9.59 Å². The molecular formula is C34H29BrClFN2O4S. The van der Waals surface area contributed by atoms with Gasteiger partial charge in [0.15, 0.2) is 5.78 Å². The molecule has 3 atom stereocenters. The van der Waals surface area contributed by atoms with Gasteiger partial charge in [0.05, 0.1) is 23.0 Å². The summed E-state index contributed by atoms with van der Waals surface area (Å²) in [5.41, 5.74) is 2.18. The van der Waals surface area contributed by atoms with E-state index in [9.17, 15) is 22.4 Å². The number of carbonyl (C=O) groups excluding carboxylic acids is 2. The summed E-state index contributed by atoms with van der Waals surface area (Å²) in [6.45, 7) is 1.41. The molecule has 1 N–H and O–H groups in total. The summed E-state index contributed by atoms with van der Waals surface area (Å²) in [7, 11) is -4.34. The highest BCUT2D eigenvalue weighted by molar-refractivity contribution is 9.10. The molecule has 0 bridgehead atoms. The van der Waals surface area contributed by atoms with Crippen molar-refractivity contribution < 1.29 is 22.4 Å². The van der Waals surface area contributed by atoms with Crippen molar-refractivity contribution in [2.75, 3.05) is 0 Å². The van der Waals surface area contributed by atoms with Gasteiger partial charge in [-0.2, -0.15) is 4.31 Å². The van der Waals surface area contributed by atoms with Gasteiger partial charge in [0.1, 0.15) is 5.82 Å². The second-order valence-electron chi connectivity index (χ2n) is 10.5. The number of halogens is 3. The highest BCUT2D eigenvalue weighted by atomic mass is 79.9. The Morgan fingerprint density at radius 2 is 1.64 bits per heavy atom. The highest BCUT2D eigenvalue weighted by Gasteiger charge is 2.45. The molecule has 5 rings (SSSR count). The SMILES string of the molecule is CC(=O)[C@H](Cc1ccccc1)NC(=O)C1=CC[C@@H](c2cccc(Br)c2)N(S(=O)(=O)c2ccc(F)cc2)[C@H]1c1cccc(Cl)c1. The topological polar surface area (TPSA) is 83.6 Å². The minimum Gasteiger partial charge on any atom is -0.342 e. The zero-order chi connectivity index (χ0) is 31.4. The lowest BCUT2D eigenvalue weighted by Gasteiger charge is -2.41. The summed E-state index contributed by atoms with van der Waals surface area (Å²) in [6, 6.07) is 25.2. The first kappa shape index (κ1) is 31.8. The summed E-state index contributed by atoms with van der Waals surface area (Å²) < 4.78 is 45.0. The molecule has 6 nitrogen and oxygen atoms in total. The minimum absolute atomic E-state index is 0.127. The molecule has 1 heterocycles. The maximum absolute atomic E-state index is 14.5. The van der Waals surface area contributed by atoms with Crippen molar-refractivity contribution in [3.8, 4) is 0 Å². The van der Waals surface area contributed by atoms with Crippen LogP contribution in [0, 0.1) is 5.82 Å². The Hall–Kier alpha value is -3.63. The molecule has 0 fully saturated rings. The van der Waals surface area contributed by atoms with Crippen LogP contribution in [0.3, 0.4) is 0 Å². The van der Waals surface area contributed by atoms with Crippen LogP contribution in [-0.2, 0) is 26.0 Å². The first-order valence-electron chi connectivity index (χ1n) is 13.9. The number of nitrogens with zero attached hydrogens (tertiary/aromatic N) is 1. The van der Waals surface area contributed by atoms with E-state index in [1.54, 1.807) is 30.3 Å². The van der Waals surface area contributed by atoms with E-state index in [0.29, 0.717) is 16.1 Å². The van der Waals surface area contributed by atoms with Crippen molar-refractivity contribution in [3.05, 3.63) is 147 Å². The summed E-state index contributed by atoms with van der Waals surface area (Å²) in [5.74, 6) is -1.38. The number of nitrogens with one attached hydrogen (secondary N) is 1. The summed E-state index contributed by atoms with van der Waals surface area (Å²) in [6.07, 6.45) is 2.16. The van der Waals surface area contributed by atoms with Crippen LogP contribution in [0.25, 0.3) is 0 Å². The average molecular weight is 696 g/mol. The van der Waals surface area contributed by atoms with Gasteiger partial charge >= 0.3 is 0 Å². The van der Waals surface area contributed by atoms with Crippen molar-refractivity contribution in [1.29, 1.82) is 0 Å². The Kier molecular flexibility index (Phi) is 9.80. The molecule has 0 saturated carbocycles. The normalized spacial score (nSPS) is 17.9. The van der Waals surface area contributed by atoms with Crippen molar-refractivity contribution >= 4 is 49.2 Å². The molecule has 0 aromatic heterocycles. The van der Waals surface area contributed by atoms with Gasteiger partial charge in [0, 0.05) is 15.1 Å². The zero-order valence-electron chi connectivity index (χ0n) is 23.7. The third-order valence-electron chi connectivity index (χ3n) is 7.55. The van der Waals surface area contributed by atoms with E-state index in [-0.39, 0.29) is 29.1 Å². The van der Waals surface area contributed by atoms with Crippen LogP contribution in [0.2, 0.25) is 5.02 Å². The van der Waals surface area contributed by atoms with Crippen LogP contribution >= 0.6 is 27.5 Å². The van der Waals surface area contributed by atoms with Gasteiger partial charge in [0.2, 0.25) is 15.9 Å². The van der Waals surface area contributed by atoms with E-state index in [1.165, 1.54) is 23.4 Å². The Labute approximate surface area is 269 Å². The van der Waals surface area contributed by atoms with Crippen LogP contribution in [0.15, 0.2) is 124 Å². The van der Waals surface area contributed by atoms with Gasteiger partial charge in [-0.25, -0.2) is 12.8 Å². The van der Waals surface area contributed by atoms with Crippen LogP contribution in [0.4, 0.5) is 4.39 Å². The van der Waals surface area contributed by atoms with Crippen molar-refractivity contribution in [2.45, 2.75) is 42.8 Å². The largest absolute Gasteiger partial charge is 0.342 e. The van der Waals surface area contributed by atoms with Gasteiger partial charge < -0.3 is 5.32 Å².